The third-order valence-corrected chi connectivity index (χ3v) is 9.72. The largest absolute Gasteiger partial charge is 0.490 e. The zero-order valence-corrected chi connectivity index (χ0v) is 27.1. The first-order chi connectivity index (χ1) is 22.1. The molecular weight excluding hydrogens is 604 g/mol. The van der Waals surface area contributed by atoms with Crippen LogP contribution in [-0.2, 0) is 30.8 Å². The molecule has 0 saturated heterocycles. The zero-order chi connectivity index (χ0) is 32.3. The Kier molecular flexibility index (Phi) is 7.73. The Hall–Kier alpha value is -4.41. The third-order valence-electron chi connectivity index (χ3n) is 8.79. The lowest BCUT2D eigenvalue weighted by Gasteiger charge is -2.33. The van der Waals surface area contributed by atoms with E-state index in [1.807, 2.05) is 43.0 Å². The molecule has 5 heterocycles. The van der Waals surface area contributed by atoms with Crippen LogP contribution in [0.1, 0.15) is 37.6 Å². The van der Waals surface area contributed by atoms with Crippen LogP contribution in [0.25, 0.3) is 43.9 Å². The molecular formula is C36H35F2N5O2S. The van der Waals surface area contributed by atoms with Crippen molar-refractivity contribution in [1.82, 2.24) is 24.6 Å². The van der Waals surface area contributed by atoms with Gasteiger partial charge in [-0.3, -0.25) is 9.48 Å². The molecule has 0 radical (unpaired) electrons. The van der Waals surface area contributed by atoms with Crippen molar-refractivity contribution in [3.63, 3.8) is 0 Å². The van der Waals surface area contributed by atoms with E-state index in [4.69, 9.17) is 14.8 Å². The molecule has 0 unspecified atom stereocenters. The summed E-state index contributed by atoms with van der Waals surface area (Å²) in [5.74, 6) is -1.50. The number of aromatic nitrogens is 3. The van der Waals surface area contributed by atoms with Crippen LogP contribution in [0.4, 0.5) is 8.78 Å². The van der Waals surface area contributed by atoms with Crippen LogP contribution in [0.2, 0.25) is 0 Å². The summed E-state index contributed by atoms with van der Waals surface area (Å²) in [5.41, 5.74) is 6.83. The van der Waals surface area contributed by atoms with E-state index in [0.717, 1.165) is 52.6 Å². The maximum atomic E-state index is 16.1. The Bertz CT molecular complexity index is 2020. The molecule has 0 saturated carbocycles. The van der Waals surface area contributed by atoms with E-state index < -0.39 is 11.6 Å². The maximum Gasteiger partial charge on any atom is 0.246 e. The summed E-state index contributed by atoms with van der Waals surface area (Å²) in [6, 6.07) is 12.4. The van der Waals surface area contributed by atoms with Gasteiger partial charge < -0.3 is 14.5 Å². The number of nitrogens with zero attached hydrogens (tertiary/aromatic N) is 5. The van der Waals surface area contributed by atoms with Crippen LogP contribution in [0.3, 0.4) is 0 Å². The molecule has 0 N–H and O–H groups in total. The number of hydrogen-bond acceptors (Lipinski definition) is 6. The van der Waals surface area contributed by atoms with Crippen LogP contribution in [0, 0.1) is 11.6 Å². The fraction of sp³-hybridized carbons (Fsp3) is 0.306. The quantitative estimate of drug-likeness (QED) is 0.181. The molecule has 0 spiro atoms. The second-order valence-electron chi connectivity index (χ2n) is 12.5. The van der Waals surface area contributed by atoms with Crippen molar-refractivity contribution in [3.05, 3.63) is 89.0 Å². The predicted molar refractivity (Wildman–Crippen MR) is 178 cm³/mol. The Balaban J connectivity index is 1.49. The number of carbonyl (C=O) groups is 1. The van der Waals surface area contributed by atoms with Gasteiger partial charge in [-0.1, -0.05) is 18.7 Å². The lowest BCUT2D eigenvalue weighted by Crippen LogP contribution is -2.44. The highest BCUT2D eigenvalue weighted by Gasteiger charge is 2.31. The second-order valence-corrected chi connectivity index (χ2v) is 13.4. The van der Waals surface area contributed by atoms with E-state index >= 15 is 4.39 Å². The van der Waals surface area contributed by atoms with Crippen molar-refractivity contribution < 1.29 is 18.3 Å². The van der Waals surface area contributed by atoms with Gasteiger partial charge in [-0.15, -0.1) is 11.3 Å². The van der Waals surface area contributed by atoms with E-state index in [9.17, 15) is 9.18 Å². The standard InChI is InChI=1S/C36H35F2N5O2S/c1-6-31(44)42-19-26-16-29(40-43(26)17-21(42)4)35-33(32-28(38)14-25(37)15-30(32)45-20(2)3)36-27(10-12-46-36)34(39-35)23-7-8-24-18-41(5)11-9-22(24)13-23/h6-8,10,12-16,20-21H,1,9,11,17-19H2,2-5H3/t21-/m1/s1. The fourth-order valence-electron chi connectivity index (χ4n) is 6.59. The highest BCUT2D eigenvalue weighted by molar-refractivity contribution is 7.18. The highest BCUT2D eigenvalue weighted by Crippen LogP contribution is 2.47. The number of pyridine rings is 1. The Labute approximate surface area is 270 Å². The van der Waals surface area contributed by atoms with E-state index in [-0.39, 0.29) is 29.4 Å². The van der Waals surface area contributed by atoms with Gasteiger partial charge in [0.15, 0.2) is 0 Å². The van der Waals surface area contributed by atoms with Gasteiger partial charge in [0.1, 0.15) is 28.8 Å². The Morgan fingerprint density at radius 3 is 2.70 bits per heavy atom. The Morgan fingerprint density at radius 1 is 1.09 bits per heavy atom. The lowest BCUT2D eigenvalue weighted by atomic mass is 9.93. The molecule has 10 heteroatoms. The summed E-state index contributed by atoms with van der Waals surface area (Å²) in [4.78, 5) is 22.0. The minimum Gasteiger partial charge on any atom is -0.490 e. The van der Waals surface area contributed by atoms with Crippen LogP contribution < -0.4 is 4.74 Å². The summed E-state index contributed by atoms with van der Waals surface area (Å²) in [6.45, 7) is 12.0. The monoisotopic (exact) mass is 639 g/mol. The second kappa shape index (κ2) is 11.7. The summed E-state index contributed by atoms with van der Waals surface area (Å²) >= 11 is 1.48. The zero-order valence-electron chi connectivity index (χ0n) is 26.3. The fourth-order valence-corrected chi connectivity index (χ4v) is 7.54. The molecule has 0 aliphatic carbocycles. The molecule has 46 heavy (non-hydrogen) atoms. The van der Waals surface area contributed by atoms with Crippen molar-refractivity contribution in [1.29, 1.82) is 0 Å². The van der Waals surface area contributed by atoms with Crippen LogP contribution >= 0.6 is 11.3 Å². The number of hydrogen-bond donors (Lipinski definition) is 0. The lowest BCUT2D eigenvalue weighted by molar-refractivity contribution is -0.129. The van der Waals surface area contributed by atoms with Gasteiger partial charge in [-0.2, -0.15) is 5.10 Å². The summed E-state index contributed by atoms with van der Waals surface area (Å²) in [6.07, 6.45) is 1.95. The van der Waals surface area contributed by atoms with E-state index in [1.54, 1.807) is 4.90 Å². The van der Waals surface area contributed by atoms with Gasteiger partial charge in [-0.05, 0) is 75.0 Å². The van der Waals surface area contributed by atoms with Crippen molar-refractivity contribution in [2.24, 2.45) is 0 Å². The maximum absolute atomic E-state index is 16.1. The van der Waals surface area contributed by atoms with Crippen molar-refractivity contribution in [2.75, 3.05) is 13.6 Å². The normalized spacial score (nSPS) is 16.5. The number of carbonyl (C=O) groups excluding carboxylic acids is 1. The number of ether oxygens (including phenoxy) is 1. The van der Waals surface area contributed by atoms with Crippen LogP contribution in [-0.4, -0.2) is 56.2 Å². The number of rotatable bonds is 6. The van der Waals surface area contributed by atoms with Crippen LogP contribution in [0.5, 0.6) is 5.75 Å². The highest BCUT2D eigenvalue weighted by atomic mass is 32.1. The van der Waals surface area contributed by atoms with Crippen molar-refractivity contribution in [3.8, 4) is 39.5 Å². The predicted octanol–water partition coefficient (Wildman–Crippen LogP) is 7.46. The first-order valence-corrected chi connectivity index (χ1v) is 16.4. The summed E-state index contributed by atoms with van der Waals surface area (Å²) in [7, 11) is 2.13. The topological polar surface area (TPSA) is 63.5 Å². The molecule has 7 nitrogen and oxygen atoms in total. The molecule has 5 aromatic rings. The summed E-state index contributed by atoms with van der Waals surface area (Å²) < 4.78 is 39.4. The minimum absolute atomic E-state index is 0.0938. The van der Waals surface area contributed by atoms with Gasteiger partial charge in [0.25, 0.3) is 0 Å². The van der Waals surface area contributed by atoms with Crippen molar-refractivity contribution in [2.45, 2.75) is 59.0 Å². The van der Waals surface area contributed by atoms with Crippen LogP contribution in [0.15, 0.2) is 60.5 Å². The first kappa shape index (κ1) is 30.3. The molecule has 0 fully saturated rings. The Morgan fingerprint density at radius 2 is 1.91 bits per heavy atom. The molecule has 1 atom stereocenters. The average Bonchev–Trinajstić information content (AvgIpc) is 3.66. The first-order valence-electron chi connectivity index (χ1n) is 15.5. The molecule has 2 aliphatic heterocycles. The number of likely N-dealkylation sites (N-methyl/N-ethyl adjacent to an activating group) is 1. The van der Waals surface area contributed by atoms with E-state index in [2.05, 4.69) is 36.7 Å². The SMILES string of the molecule is C=CC(=O)N1Cc2cc(-c3nc(-c4ccc5c(c4)CCN(C)C5)c4ccsc4c3-c3c(F)cc(F)cc3OC(C)C)nn2C[C@H]1C. The molecule has 236 valence electrons. The number of benzene rings is 2. The number of amides is 1. The van der Waals surface area contributed by atoms with E-state index in [0.29, 0.717) is 30.0 Å². The third kappa shape index (κ3) is 5.29. The number of halogens is 2. The molecule has 7 rings (SSSR count). The van der Waals surface area contributed by atoms with Gasteiger partial charge in [-0.25, -0.2) is 13.8 Å². The van der Waals surface area contributed by atoms with E-state index in [1.165, 1.54) is 34.6 Å². The summed E-state index contributed by atoms with van der Waals surface area (Å²) in [5, 5.41) is 7.81. The molecule has 3 aromatic heterocycles. The number of fused-ring (bicyclic) bond motifs is 3. The van der Waals surface area contributed by atoms with Gasteiger partial charge in [0.2, 0.25) is 5.91 Å². The van der Waals surface area contributed by atoms with Gasteiger partial charge in [0, 0.05) is 52.5 Å². The molecule has 2 aromatic carbocycles. The van der Waals surface area contributed by atoms with Crippen molar-refractivity contribution >= 4 is 27.3 Å². The smallest absolute Gasteiger partial charge is 0.246 e. The molecule has 1 amide bonds. The van der Waals surface area contributed by atoms with Gasteiger partial charge >= 0.3 is 0 Å². The minimum atomic E-state index is -0.737. The molecule has 2 aliphatic rings. The average molecular weight is 640 g/mol. The number of thiophene rings is 1. The molecule has 0 bridgehead atoms. The van der Waals surface area contributed by atoms with Gasteiger partial charge in [0.05, 0.1) is 36.1 Å².